The van der Waals surface area contributed by atoms with Gasteiger partial charge >= 0.3 is 0 Å². The molecule has 2 rings (SSSR count). The Bertz CT molecular complexity index is 604. The second kappa shape index (κ2) is 16.1. The number of hydrogen-bond donors (Lipinski definition) is 1. The van der Waals surface area contributed by atoms with Gasteiger partial charge < -0.3 is 33.1 Å². The van der Waals surface area contributed by atoms with Crippen molar-refractivity contribution in [1.82, 2.24) is 10.3 Å². The highest BCUT2D eigenvalue weighted by atomic mass is 16.5. The predicted molar refractivity (Wildman–Crippen MR) is 103 cm³/mol. The summed E-state index contributed by atoms with van der Waals surface area (Å²) in [6.45, 7) is 4.09. The highest BCUT2D eigenvalue weighted by molar-refractivity contribution is 5.04. The molecule has 0 saturated carbocycles. The number of aliphatic hydroxyl groups excluding tert-OH is 1. The molecule has 0 unspecified atom stereocenters. The van der Waals surface area contributed by atoms with Crippen molar-refractivity contribution in [3.8, 4) is 0 Å². The number of rotatable bonds is 19. The van der Waals surface area contributed by atoms with Crippen molar-refractivity contribution in [3.05, 3.63) is 35.5 Å². The first kappa shape index (κ1) is 23.5. The minimum absolute atomic E-state index is 0.0201. The SMILES string of the molecule is OCCOCCOCc1cc(CCOCCOCCCCCc2ccon2)on1. The molecule has 0 bridgehead atoms. The first-order chi connectivity index (χ1) is 14.4. The minimum Gasteiger partial charge on any atom is -0.394 e. The molecule has 2 aromatic rings. The van der Waals surface area contributed by atoms with E-state index in [4.69, 9.17) is 33.1 Å². The lowest BCUT2D eigenvalue weighted by atomic mass is 10.1. The third-order valence-electron chi connectivity index (χ3n) is 4.04. The molecule has 2 heterocycles. The van der Waals surface area contributed by atoms with Crippen LogP contribution >= 0.6 is 0 Å². The summed E-state index contributed by atoms with van der Waals surface area (Å²) >= 11 is 0. The van der Waals surface area contributed by atoms with Crippen LogP contribution in [0.5, 0.6) is 0 Å². The van der Waals surface area contributed by atoms with Gasteiger partial charge in [-0.15, -0.1) is 0 Å². The van der Waals surface area contributed by atoms with E-state index in [1.807, 2.05) is 12.1 Å². The number of ether oxygens (including phenoxy) is 4. The second-order valence-electron chi connectivity index (χ2n) is 6.45. The zero-order valence-electron chi connectivity index (χ0n) is 16.9. The van der Waals surface area contributed by atoms with Crippen molar-refractivity contribution in [2.75, 3.05) is 52.9 Å². The number of aryl methyl sites for hydroxylation is 1. The summed E-state index contributed by atoms with van der Waals surface area (Å²) in [4.78, 5) is 0. The normalized spacial score (nSPS) is 11.3. The van der Waals surface area contributed by atoms with Gasteiger partial charge in [-0.2, -0.15) is 0 Å². The van der Waals surface area contributed by atoms with Gasteiger partial charge in [0.2, 0.25) is 0 Å². The highest BCUT2D eigenvalue weighted by Crippen LogP contribution is 2.06. The molecular weight excluding hydrogens is 380 g/mol. The van der Waals surface area contributed by atoms with Gasteiger partial charge in [0.15, 0.2) is 0 Å². The van der Waals surface area contributed by atoms with Crippen LogP contribution in [-0.4, -0.2) is 68.3 Å². The second-order valence-corrected chi connectivity index (χ2v) is 6.45. The van der Waals surface area contributed by atoms with Gasteiger partial charge in [0.05, 0.1) is 58.5 Å². The van der Waals surface area contributed by atoms with Crippen LogP contribution in [0.15, 0.2) is 27.4 Å². The molecule has 2 aromatic heterocycles. The Morgan fingerprint density at radius 1 is 0.759 bits per heavy atom. The van der Waals surface area contributed by atoms with E-state index in [9.17, 15) is 0 Å². The molecule has 164 valence electrons. The lowest BCUT2D eigenvalue weighted by Gasteiger charge is -2.05. The van der Waals surface area contributed by atoms with E-state index in [1.165, 1.54) is 0 Å². The molecular formula is C20H32N2O7. The van der Waals surface area contributed by atoms with E-state index in [0.29, 0.717) is 52.7 Å². The van der Waals surface area contributed by atoms with Gasteiger partial charge in [0, 0.05) is 25.2 Å². The van der Waals surface area contributed by atoms with Crippen LogP contribution in [0.3, 0.4) is 0 Å². The van der Waals surface area contributed by atoms with Gasteiger partial charge in [-0.25, -0.2) is 0 Å². The maximum Gasteiger partial charge on any atom is 0.139 e. The topological polar surface area (TPSA) is 109 Å². The van der Waals surface area contributed by atoms with Crippen molar-refractivity contribution in [3.63, 3.8) is 0 Å². The van der Waals surface area contributed by atoms with E-state index in [0.717, 1.165) is 49.4 Å². The third-order valence-corrected chi connectivity index (χ3v) is 4.04. The van der Waals surface area contributed by atoms with E-state index in [2.05, 4.69) is 10.3 Å². The summed E-state index contributed by atoms with van der Waals surface area (Å²) in [5.74, 6) is 0.771. The van der Waals surface area contributed by atoms with E-state index >= 15 is 0 Å². The van der Waals surface area contributed by atoms with Crippen LogP contribution in [0.2, 0.25) is 0 Å². The van der Waals surface area contributed by atoms with Crippen LogP contribution in [0.4, 0.5) is 0 Å². The quantitative estimate of drug-likeness (QED) is 0.347. The van der Waals surface area contributed by atoms with Crippen molar-refractivity contribution in [1.29, 1.82) is 0 Å². The van der Waals surface area contributed by atoms with E-state index < -0.39 is 0 Å². The summed E-state index contributed by atoms with van der Waals surface area (Å²) in [6.07, 6.45) is 6.46. The lowest BCUT2D eigenvalue weighted by Crippen LogP contribution is -2.07. The minimum atomic E-state index is 0.0201. The predicted octanol–water partition coefficient (Wildman–Crippen LogP) is 2.18. The molecule has 0 saturated heterocycles. The Morgan fingerprint density at radius 3 is 2.34 bits per heavy atom. The zero-order chi connectivity index (χ0) is 20.4. The summed E-state index contributed by atoms with van der Waals surface area (Å²) < 4.78 is 31.7. The van der Waals surface area contributed by atoms with Crippen LogP contribution < -0.4 is 0 Å². The molecule has 0 aromatic carbocycles. The van der Waals surface area contributed by atoms with E-state index in [1.54, 1.807) is 6.26 Å². The molecule has 29 heavy (non-hydrogen) atoms. The van der Waals surface area contributed by atoms with Crippen LogP contribution in [0, 0.1) is 0 Å². The fraction of sp³-hybridized carbons (Fsp3) is 0.700. The molecule has 0 fully saturated rings. The number of aromatic nitrogens is 2. The van der Waals surface area contributed by atoms with E-state index in [-0.39, 0.29) is 6.61 Å². The molecule has 9 heteroatoms. The van der Waals surface area contributed by atoms with Crippen molar-refractivity contribution in [2.45, 2.75) is 38.7 Å². The van der Waals surface area contributed by atoms with Crippen molar-refractivity contribution >= 4 is 0 Å². The van der Waals surface area contributed by atoms with Gasteiger partial charge in [-0.05, 0) is 19.3 Å². The Morgan fingerprint density at radius 2 is 1.55 bits per heavy atom. The molecule has 0 amide bonds. The molecule has 0 radical (unpaired) electrons. The fourth-order valence-electron chi connectivity index (χ4n) is 2.55. The van der Waals surface area contributed by atoms with Gasteiger partial charge in [-0.3, -0.25) is 0 Å². The summed E-state index contributed by atoms with van der Waals surface area (Å²) in [5, 5.41) is 16.4. The van der Waals surface area contributed by atoms with Gasteiger partial charge in [0.1, 0.15) is 17.7 Å². The lowest BCUT2D eigenvalue weighted by molar-refractivity contribution is 0.0259. The van der Waals surface area contributed by atoms with Crippen molar-refractivity contribution in [2.24, 2.45) is 0 Å². The Hall–Kier alpha value is -1.78. The molecule has 0 aliphatic carbocycles. The van der Waals surface area contributed by atoms with Crippen molar-refractivity contribution < 1.29 is 33.1 Å². The monoisotopic (exact) mass is 412 g/mol. The number of aliphatic hydroxyl groups is 1. The van der Waals surface area contributed by atoms with Gasteiger partial charge in [-0.1, -0.05) is 16.7 Å². The van der Waals surface area contributed by atoms with Crippen LogP contribution in [0.25, 0.3) is 0 Å². The van der Waals surface area contributed by atoms with Crippen LogP contribution in [-0.2, 0) is 38.4 Å². The van der Waals surface area contributed by atoms with Gasteiger partial charge in [0.25, 0.3) is 0 Å². The molecule has 0 atom stereocenters. The Balaban J connectivity index is 1.35. The first-order valence-corrected chi connectivity index (χ1v) is 10.1. The molecule has 0 aliphatic rings. The van der Waals surface area contributed by atoms with Crippen LogP contribution in [0.1, 0.15) is 36.4 Å². The maximum absolute atomic E-state index is 8.59. The molecule has 1 N–H and O–H groups in total. The fourth-order valence-corrected chi connectivity index (χ4v) is 2.55. The average Bonchev–Trinajstić information content (AvgIpc) is 3.41. The average molecular weight is 412 g/mol. The Labute approximate surface area is 171 Å². The number of unbranched alkanes of at least 4 members (excludes halogenated alkanes) is 2. The first-order valence-electron chi connectivity index (χ1n) is 10.1. The smallest absolute Gasteiger partial charge is 0.139 e. The maximum atomic E-state index is 8.59. The number of nitrogens with zero attached hydrogens (tertiary/aromatic N) is 2. The highest BCUT2D eigenvalue weighted by Gasteiger charge is 2.04. The standard InChI is InChI=1S/C20H32N2O7/c23-7-11-26-14-15-27-17-19-16-20(29-22-19)6-9-25-13-12-24-8-3-1-2-4-18-5-10-28-21-18/h5,10,16,23H,1-4,6-9,11-15,17H2. The molecule has 0 spiro atoms. The largest absolute Gasteiger partial charge is 0.394 e. The summed E-state index contributed by atoms with van der Waals surface area (Å²) in [7, 11) is 0. The zero-order valence-corrected chi connectivity index (χ0v) is 16.9. The molecule has 9 nitrogen and oxygen atoms in total. The third kappa shape index (κ3) is 11.7. The molecule has 0 aliphatic heterocycles. The Kier molecular flexibility index (Phi) is 13.0. The number of hydrogen-bond acceptors (Lipinski definition) is 9. The summed E-state index contributed by atoms with van der Waals surface area (Å²) in [6, 6.07) is 3.77. The summed E-state index contributed by atoms with van der Waals surface area (Å²) in [5.41, 5.74) is 1.75.